The second-order valence-corrected chi connectivity index (χ2v) is 5.72. The van der Waals surface area contributed by atoms with Crippen LogP contribution in [0.1, 0.15) is 24.8 Å². The van der Waals surface area contributed by atoms with Crippen LogP contribution in [0.15, 0.2) is 30.3 Å². The van der Waals surface area contributed by atoms with Gasteiger partial charge in [-0.05, 0) is 30.9 Å². The van der Waals surface area contributed by atoms with Crippen LogP contribution in [0.5, 0.6) is 0 Å². The molecule has 1 fully saturated rings. The van der Waals surface area contributed by atoms with E-state index in [0.717, 1.165) is 39.1 Å². The van der Waals surface area contributed by atoms with Crippen molar-refractivity contribution in [1.82, 2.24) is 10.2 Å². The predicted molar refractivity (Wildman–Crippen MR) is 83.9 cm³/mol. The number of carbonyl (C=O) groups excluding carboxylic acids is 1. The molecule has 1 aromatic rings. The van der Waals surface area contributed by atoms with Crippen molar-refractivity contribution in [2.75, 3.05) is 33.3 Å². The van der Waals surface area contributed by atoms with Crippen LogP contribution in [0.4, 0.5) is 0 Å². The van der Waals surface area contributed by atoms with E-state index in [-0.39, 0.29) is 5.91 Å². The lowest BCUT2D eigenvalue weighted by Gasteiger charge is -2.15. The molecule has 1 amide bonds. The normalized spacial score (nSPS) is 18.8. The van der Waals surface area contributed by atoms with Crippen molar-refractivity contribution in [3.8, 4) is 0 Å². The molecule has 4 heteroatoms. The van der Waals surface area contributed by atoms with Gasteiger partial charge in [-0.2, -0.15) is 0 Å². The molecule has 0 aromatic heterocycles. The topological polar surface area (TPSA) is 41.6 Å². The van der Waals surface area contributed by atoms with E-state index in [9.17, 15) is 4.79 Å². The van der Waals surface area contributed by atoms with Crippen LogP contribution >= 0.6 is 0 Å². The van der Waals surface area contributed by atoms with E-state index in [1.807, 2.05) is 18.2 Å². The Labute approximate surface area is 127 Å². The summed E-state index contributed by atoms with van der Waals surface area (Å²) in [6.45, 7) is 4.72. The zero-order valence-corrected chi connectivity index (χ0v) is 12.9. The van der Waals surface area contributed by atoms with Crippen molar-refractivity contribution >= 4 is 5.91 Å². The van der Waals surface area contributed by atoms with Gasteiger partial charge in [0.05, 0.1) is 6.61 Å². The minimum Gasteiger partial charge on any atom is -0.377 e. The molecule has 1 heterocycles. The molecule has 1 N–H and O–H groups in total. The second kappa shape index (κ2) is 8.80. The van der Waals surface area contributed by atoms with E-state index in [0.29, 0.717) is 18.9 Å². The maximum Gasteiger partial charge on any atom is 0.220 e. The standard InChI is InChI=1S/C17H26N2O2/c1-18-17(20)12-16-8-10-19(13-16)9-5-11-21-14-15-6-3-2-4-7-15/h2-4,6-7,16H,5,8-14H2,1H3,(H,18,20)/t16-/m0/s1. The van der Waals surface area contributed by atoms with Gasteiger partial charge in [0.15, 0.2) is 0 Å². The molecule has 21 heavy (non-hydrogen) atoms. The summed E-state index contributed by atoms with van der Waals surface area (Å²) >= 11 is 0. The molecule has 2 rings (SSSR count). The van der Waals surface area contributed by atoms with Crippen molar-refractivity contribution in [2.24, 2.45) is 5.92 Å². The quantitative estimate of drug-likeness (QED) is 0.745. The van der Waals surface area contributed by atoms with Crippen LogP contribution in [0.2, 0.25) is 0 Å². The average Bonchev–Trinajstić information content (AvgIpc) is 2.95. The van der Waals surface area contributed by atoms with E-state index in [2.05, 4.69) is 22.3 Å². The van der Waals surface area contributed by atoms with Gasteiger partial charge in [0.25, 0.3) is 0 Å². The van der Waals surface area contributed by atoms with E-state index < -0.39 is 0 Å². The van der Waals surface area contributed by atoms with Gasteiger partial charge in [0.2, 0.25) is 5.91 Å². The largest absolute Gasteiger partial charge is 0.377 e. The van der Waals surface area contributed by atoms with Crippen LogP contribution in [0.3, 0.4) is 0 Å². The first-order valence-corrected chi connectivity index (χ1v) is 7.82. The third kappa shape index (κ3) is 5.86. The Balaban J connectivity index is 1.53. The lowest BCUT2D eigenvalue weighted by molar-refractivity contribution is -0.121. The molecule has 0 radical (unpaired) electrons. The highest BCUT2D eigenvalue weighted by Gasteiger charge is 2.23. The summed E-state index contributed by atoms with van der Waals surface area (Å²) in [5.74, 6) is 0.684. The zero-order chi connectivity index (χ0) is 14.9. The van der Waals surface area contributed by atoms with Gasteiger partial charge in [-0.15, -0.1) is 0 Å². The maximum atomic E-state index is 11.4. The van der Waals surface area contributed by atoms with Crippen molar-refractivity contribution in [3.63, 3.8) is 0 Å². The molecule has 1 aliphatic heterocycles. The number of benzene rings is 1. The maximum absolute atomic E-state index is 11.4. The number of rotatable bonds is 8. The van der Waals surface area contributed by atoms with Crippen LogP contribution < -0.4 is 5.32 Å². The van der Waals surface area contributed by atoms with Gasteiger partial charge >= 0.3 is 0 Å². The first-order chi connectivity index (χ1) is 10.3. The van der Waals surface area contributed by atoms with Crippen LogP contribution in [0, 0.1) is 5.92 Å². The second-order valence-electron chi connectivity index (χ2n) is 5.72. The summed E-state index contributed by atoms with van der Waals surface area (Å²) in [5, 5.41) is 2.70. The number of hydrogen-bond acceptors (Lipinski definition) is 3. The molecule has 0 spiro atoms. The molecule has 0 aliphatic carbocycles. The molecule has 116 valence electrons. The van der Waals surface area contributed by atoms with Gasteiger partial charge in [-0.3, -0.25) is 4.79 Å². The fourth-order valence-electron chi connectivity index (χ4n) is 2.80. The first kappa shape index (κ1) is 16.0. The lowest BCUT2D eigenvalue weighted by Crippen LogP contribution is -2.25. The molecule has 1 aromatic carbocycles. The SMILES string of the molecule is CNC(=O)C[C@@H]1CCN(CCCOCc2ccccc2)C1. The van der Waals surface area contributed by atoms with E-state index in [1.165, 1.54) is 5.56 Å². The van der Waals surface area contributed by atoms with Gasteiger partial charge < -0.3 is 15.0 Å². The van der Waals surface area contributed by atoms with E-state index in [1.54, 1.807) is 7.05 Å². The number of nitrogens with one attached hydrogen (secondary N) is 1. The lowest BCUT2D eigenvalue weighted by atomic mass is 10.1. The van der Waals surface area contributed by atoms with E-state index in [4.69, 9.17) is 4.74 Å². The summed E-state index contributed by atoms with van der Waals surface area (Å²) in [6, 6.07) is 10.3. The van der Waals surface area contributed by atoms with Crippen LogP contribution in [-0.2, 0) is 16.1 Å². The summed E-state index contributed by atoms with van der Waals surface area (Å²) in [7, 11) is 1.71. The Hall–Kier alpha value is -1.39. The van der Waals surface area contributed by atoms with Crippen LogP contribution in [0.25, 0.3) is 0 Å². The summed E-state index contributed by atoms with van der Waals surface area (Å²) < 4.78 is 5.70. The summed E-state index contributed by atoms with van der Waals surface area (Å²) in [4.78, 5) is 13.8. The van der Waals surface area contributed by atoms with Crippen molar-refractivity contribution in [1.29, 1.82) is 0 Å². The minimum absolute atomic E-state index is 0.160. The molecule has 0 unspecified atom stereocenters. The summed E-state index contributed by atoms with van der Waals surface area (Å²) in [5.41, 5.74) is 1.23. The Kier molecular flexibility index (Phi) is 6.70. The third-order valence-electron chi connectivity index (χ3n) is 4.00. The molecule has 1 aliphatic rings. The summed E-state index contributed by atoms with van der Waals surface area (Å²) in [6.07, 6.45) is 2.86. The highest BCUT2D eigenvalue weighted by atomic mass is 16.5. The number of amides is 1. The molecular formula is C17H26N2O2. The molecular weight excluding hydrogens is 264 g/mol. The van der Waals surface area contributed by atoms with Crippen LogP contribution in [-0.4, -0.2) is 44.1 Å². The Morgan fingerprint density at radius 1 is 1.38 bits per heavy atom. The Morgan fingerprint density at radius 3 is 2.95 bits per heavy atom. The molecule has 1 atom stereocenters. The zero-order valence-electron chi connectivity index (χ0n) is 12.9. The van der Waals surface area contributed by atoms with Crippen molar-refractivity contribution < 1.29 is 9.53 Å². The van der Waals surface area contributed by atoms with Gasteiger partial charge in [0.1, 0.15) is 0 Å². The number of carbonyl (C=O) groups is 1. The number of nitrogens with zero attached hydrogens (tertiary/aromatic N) is 1. The minimum atomic E-state index is 0.160. The molecule has 4 nitrogen and oxygen atoms in total. The Bertz CT molecular complexity index is 422. The van der Waals surface area contributed by atoms with Gasteiger partial charge in [-0.25, -0.2) is 0 Å². The fraction of sp³-hybridized carbons (Fsp3) is 0.588. The third-order valence-corrected chi connectivity index (χ3v) is 4.00. The number of hydrogen-bond donors (Lipinski definition) is 1. The fourth-order valence-corrected chi connectivity index (χ4v) is 2.80. The molecule has 1 saturated heterocycles. The first-order valence-electron chi connectivity index (χ1n) is 7.82. The van der Waals surface area contributed by atoms with Crippen molar-refractivity contribution in [3.05, 3.63) is 35.9 Å². The van der Waals surface area contributed by atoms with Crippen molar-refractivity contribution in [2.45, 2.75) is 25.9 Å². The smallest absolute Gasteiger partial charge is 0.220 e. The Morgan fingerprint density at radius 2 is 2.19 bits per heavy atom. The molecule has 0 bridgehead atoms. The molecule has 0 saturated carbocycles. The highest BCUT2D eigenvalue weighted by molar-refractivity contribution is 5.75. The van der Waals surface area contributed by atoms with E-state index >= 15 is 0 Å². The predicted octanol–water partition coefficient (Wildman–Crippen LogP) is 2.05. The number of likely N-dealkylation sites (tertiary alicyclic amines) is 1. The average molecular weight is 290 g/mol. The monoisotopic (exact) mass is 290 g/mol. The number of ether oxygens (including phenoxy) is 1. The van der Waals surface area contributed by atoms with Gasteiger partial charge in [0, 0.05) is 33.2 Å². The highest BCUT2D eigenvalue weighted by Crippen LogP contribution is 2.19. The van der Waals surface area contributed by atoms with Gasteiger partial charge in [-0.1, -0.05) is 30.3 Å².